The van der Waals surface area contributed by atoms with E-state index in [1.807, 2.05) is 37.4 Å². The zero-order valence-electron chi connectivity index (χ0n) is 11.7. The zero-order valence-corrected chi connectivity index (χ0v) is 11.7. The van der Waals surface area contributed by atoms with Crippen LogP contribution in [0.25, 0.3) is 32.9 Å². The lowest BCUT2D eigenvalue weighted by molar-refractivity contribution is 1.20. The minimum atomic E-state index is 1.03. The second-order valence-corrected chi connectivity index (χ2v) is 5.28. The lowest BCUT2D eigenvalue weighted by Crippen LogP contribution is -1.85. The molecule has 4 aromatic rings. The maximum Gasteiger partial charge on any atom is 0.0710 e. The Labute approximate surface area is 123 Å². The Morgan fingerprint density at radius 3 is 2.38 bits per heavy atom. The van der Waals surface area contributed by atoms with Crippen LogP contribution in [0, 0.1) is 6.92 Å². The van der Waals surface area contributed by atoms with Gasteiger partial charge in [-0.2, -0.15) is 0 Å². The van der Waals surface area contributed by atoms with Crippen LogP contribution in [0.5, 0.6) is 0 Å². The first-order chi connectivity index (χ1) is 10.3. The third-order valence-corrected chi connectivity index (χ3v) is 3.76. The molecule has 2 aromatic carbocycles. The molecule has 2 heterocycles. The molecule has 2 nitrogen and oxygen atoms in total. The van der Waals surface area contributed by atoms with Crippen molar-refractivity contribution in [2.24, 2.45) is 0 Å². The van der Waals surface area contributed by atoms with E-state index in [1.54, 1.807) is 0 Å². The third-order valence-electron chi connectivity index (χ3n) is 3.76. The Kier molecular flexibility index (Phi) is 2.68. The molecule has 0 bridgehead atoms. The molecule has 0 aliphatic heterocycles. The van der Waals surface area contributed by atoms with Crippen molar-refractivity contribution in [2.45, 2.75) is 6.92 Å². The molecule has 0 unspecified atom stereocenters. The lowest BCUT2D eigenvalue weighted by Gasteiger charge is -2.05. The van der Waals surface area contributed by atoms with E-state index >= 15 is 0 Å². The molecular weight excluding hydrogens is 256 g/mol. The Morgan fingerprint density at radius 1 is 0.714 bits per heavy atom. The van der Waals surface area contributed by atoms with Crippen LogP contribution in [-0.4, -0.2) is 9.97 Å². The van der Waals surface area contributed by atoms with Gasteiger partial charge in [0.25, 0.3) is 0 Å². The molecule has 0 radical (unpaired) electrons. The van der Waals surface area contributed by atoms with Crippen LogP contribution in [0.3, 0.4) is 0 Å². The first-order valence-corrected chi connectivity index (χ1v) is 7.02. The number of nitrogens with zero attached hydrogens (tertiary/aromatic N) is 2. The summed E-state index contributed by atoms with van der Waals surface area (Å²) in [5, 5.41) is 2.33. The van der Waals surface area contributed by atoms with E-state index in [2.05, 4.69) is 41.4 Å². The minimum absolute atomic E-state index is 1.03. The molecule has 2 aromatic heterocycles. The van der Waals surface area contributed by atoms with Crippen LogP contribution >= 0.6 is 0 Å². The van der Waals surface area contributed by atoms with E-state index in [0.29, 0.717) is 0 Å². The van der Waals surface area contributed by atoms with Crippen LogP contribution in [-0.2, 0) is 0 Å². The number of rotatable bonds is 1. The van der Waals surface area contributed by atoms with Gasteiger partial charge in [0.15, 0.2) is 0 Å². The Bertz CT molecular complexity index is 940. The van der Waals surface area contributed by atoms with E-state index in [9.17, 15) is 0 Å². The van der Waals surface area contributed by atoms with Gasteiger partial charge in [-0.3, -0.25) is 4.98 Å². The van der Waals surface area contributed by atoms with Gasteiger partial charge in [-0.05, 0) is 42.8 Å². The molecule has 0 saturated carbocycles. The van der Waals surface area contributed by atoms with Crippen molar-refractivity contribution in [2.75, 3.05) is 0 Å². The molecular formula is C19H14N2. The second-order valence-electron chi connectivity index (χ2n) is 5.28. The number of aromatic nitrogens is 2. The van der Waals surface area contributed by atoms with E-state index in [0.717, 1.165) is 27.7 Å². The van der Waals surface area contributed by atoms with Gasteiger partial charge in [0, 0.05) is 28.2 Å². The molecule has 100 valence electrons. The fraction of sp³-hybridized carbons (Fsp3) is 0.0526. The molecule has 0 spiro atoms. The van der Waals surface area contributed by atoms with Gasteiger partial charge in [-0.1, -0.05) is 30.3 Å². The monoisotopic (exact) mass is 270 g/mol. The maximum absolute atomic E-state index is 4.71. The van der Waals surface area contributed by atoms with Gasteiger partial charge in [0.2, 0.25) is 0 Å². The summed E-state index contributed by atoms with van der Waals surface area (Å²) in [6.07, 6.45) is 1.92. The highest BCUT2D eigenvalue weighted by molar-refractivity contribution is 5.94. The van der Waals surface area contributed by atoms with Crippen molar-refractivity contribution in [3.8, 4) is 11.1 Å². The number of hydrogen-bond acceptors (Lipinski definition) is 2. The third kappa shape index (κ3) is 2.15. The Balaban J connectivity index is 1.92. The molecule has 0 atom stereocenters. The van der Waals surface area contributed by atoms with Gasteiger partial charge >= 0.3 is 0 Å². The highest BCUT2D eigenvalue weighted by Gasteiger charge is 2.03. The van der Waals surface area contributed by atoms with Crippen LogP contribution in [0.15, 0.2) is 66.9 Å². The van der Waals surface area contributed by atoms with E-state index in [4.69, 9.17) is 4.98 Å². The standard InChI is InChI=1S/C19H14N2/c1-13-6-7-16(12-20-13)14-8-9-19-17(10-14)11-15-4-2-3-5-18(15)21-19/h2-12H,1H3. The van der Waals surface area contributed by atoms with Gasteiger partial charge in [0.05, 0.1) is 11.0 Å². The predicted molar refractivity (Wildman–Crippen MR) is 87.2 cm³/mol. The van der Waals surface area contributed by atoms with Gasteiger partial charge in [-0.15, -0.1) is 0 Å². The molecule has 0 amide bonds. The number of pyridine rings is 2. The fourth-order valence-corrected chi connectivity index (χ4v) is 2.60. The molecule has 0 aliphatic carbocycles. The number of hydrogen-bond donors (Lipinski definition) is 0. The van der Waals surface area contributed by atoms with Crippen LogP contribution < -0.4 is 0 Å². The largest absolute Gasteiger partial charge is 0.261 e. The Morgan fingerprint density at radius 2 is 1.52 bits per heavy atom. The molecule has 0 N–H and O–H groups in total. The number of para-hydroxylation sites is 1. The minimum Gasteiger partial charge on any atom is -0.261 e. The second kappa shape index (κ2) is 4.67. The summed E-state index contributed by atoms with van der Waals surface area (Å²) in [5.41, 5.74) is 5.40. The SMILES string of the molecule is Cc1ccc(-c2ccc3nc4ccccc4cc3c2)cn1. The van der Waals surface area contributed by atoms with E-state index < -0.39 is 0 Å². The molecule has 2 heteroatoms. The molecule has 21 heavy (non-hydrogen) atoms. The molecule has 0 saturated heterocycles. The summed E-state index contributed by atoms with van der Waals surface area (Å²) >= 11 is 0. The summed E-state index contributed by atoms with van der Waals surface area (Å²) < 4.78 is 0. The van der Waals surface area contributed by atoms with Crippen molar-refractivity contribution in [3.05, 3.63) is 72.6 Å². The summed E-state index contributed by atoms with van der Waals surface area (Å²) in [5.74, 6) is 0. The summed E-state index contributed by atoms with van der Waals surface area (Å²) in [6, 6.07) is 20.9. The van der Waals surface area contributed by atoms with Crippen molar-refractivity contribution in [1.29, 1.82) is 0 Å². The molecule has 0 fully saturated rings. The molecule has 0 aliphatic rings. The number of benzene rings is 2. The fourth-order valence-electron chi connectivity index (χ4n) is 2.60. The van der Waals surface area contributed by atoms with E-state index in [1.165, 1.54) is 10.9 Å². The lowest BCUT2D eigenvalue weighted by atomic mass is 10.0. The normalized spacial score (nSPS) is 11.1. The predicted octanol–water partition coefficient (Wildman–Crippen LogP) is 4.76. The average molecular weight is 270 g/mol. The average Bonchev–Trinajstić information content (AvgIpc) is 2.53. The number of fused-ring (bicyclic) bond motifs is 2. The van der Waals surface area contributed by atoms with Crippen LogP contribution in [0.4, 0.5) is 0 Å². The highest BCUT2D eigenvalue weighted by atomic mass is 14.7. The summed E-state index contributed by atoms with van der Waals surface area (Å²) in [6.45, 7) is 2.00. The van der Waals surface area contributed by atoms with Gasteiger partial charge in [0.1, 0.15) is 0 Å². The quantitative estimate of drug-likeness (QED) is 0.466. The number of aryl methyl sites for hydroxylation is 1. The Hall–Kier alpha value is -2.74. The van der Waals surface area contributed by atoms with Crippen molar-refractivity contribution in [3.63, 3.8) is 0 Å². The van der Waals surface area contributed by atoms with Crippen molar-refractivity contribution >= 4 is 21.8 Å². The van der Waals surface area contributed by atoms with Crippen LogP contribution in [0.2, 0.25) is 0 Å². The van der Waals surface area contributed by atoms with E-state index in [-0.39, 0.29) is 0 Å². The first kappa shape index (κ1) is 12.0. The van der Waals surface area contributed by atoms with Crippen molar-refractivity contribution in [1.82, 2.24) is 9.97 Å². The smallest absolute Gasteiger partial charge is 0.0710 e. The van der Waals surface area contributed by atoms with Crippen molar-refractivity contribution < 1.29 is 0 Å². The molecule has 4 rings (SSSR count). The zero-order chi connectivity index (χ0) is 14.2. The first-order valence-electron chi connectivity index (χ1n) is 7.02. The summed E-state index contributed by atoms with van der Waals surface area (Å²) in [4.78, 5) is 9.08. The van der Waals surface area contributed by atoms with Gasteiger partial charge < -0.3 is 0 Å². The highest BCUT2D eigenvalue weighted by Crippen LogP contribution is 2.25. The van der Waals surface area contributed by atoms with Crippen LogP contribution in [0.1, 0.15) is 5.69 Å². The maximum atomic E-state index is 4.71. The summed E-state index contributed by atoms with van der Waals surface area (Å²) in [7, 11) is 0. The topological polar surface area (TPSA) is 25.8 Å². The van der Waals surface area contributed by atoms with Gasteiger partial charge in [-0.25, -0.2) is 4.98 Å².